The van der Waals surface area contributed by atoms with E-state index in [4.69, 9.17) is 11.6 Å². The lowest BCUT2D eigenvalue weighted by Gasteiger charge is -2.10. The van der Waals surface area contributed by atoms with Crippen LogP contribution in [0.25, 0.3) is 0 Å². The highest BCUT2D eigenvalue weighted by molar-refractivity contribution is 9.10. The molecular weight excluding hydrogens is 360 g/mol. The van der Waals surface area contributed by atoms with Crippen molar-refractivity contribution in [3.05, 3.63) is 67.1 Å². The Morgan fingerprint density at radius 2 is 2.05 bits per heavy atom. The number of aryl methyl sites for hydroxylation is 1. The molecule has 0 fully saturated rings. The Morgan fingerprint density at radius 1 is 1.33 bits per heavy atom. The molecule has 108 valence electrons. The molecule has 0 aliphatic carbocycles. The number of halogens is 2. The summed E-state index contributed by atoms with van der Waals surface area (Å²) in [5, 5.41) is 13.7. The second-order valence-corrected chi connectivity index (χ2v) is 5.63. The number of hydrogen-bond acceptors (Lipinski definition) is 3. The molecule has 0 aliphatic heterocycles. The maximum Gasteiger partial charge on any atom is 0.283 e. The number of nitro benzene ring substituents is 1. The number of nitrogens with one attached hydrogen (secondary N) is 1. The van der Waals surface area contributed by atoms with Crippen LogP contribution in [-0.4, -0.2) is 10.8 Å². The summed E-state index contributed by atoms with van der Waals surface area (Å²) in [7, 11) is 0. The highest BCUT2D eigenvalue weighted by Gasteiger charge is 2.23. The van der Waals surface area contributed by atoms with Crippen LogP contribution in [-0.2, 0) is 0 Å². The van der Waals surface area contributed by atoms with Gasteiger partial charge in [0.15, 0.2) is 0 Å². The molecule has 0 spiro atoms. The van der Waals surface area contributed by atoms with Gasteiger partial charge in [-0.25, -0.2) is 0 Å². The lowest BCUT2D eigenvalue weighted by atomic mass is 10.1. The molecule has 0 aliphatic rings. The summed E-state index contributed by atoms with van der Waals surface area (Å²) < 4.78 is 0.877. The first kappa shape index (κ1) is 15.5. The van der Waals surface area contributed by atoms with Gasteiger partial charge in [-0.05, 0) is 36.8 Å². The molecule has 0 saturated heterocycles. The number of nitrogens with zero attached hydrogens (tertiary/aromatic N) is 1. The Morgan fingerprint density at radius 3 is 2.67 bits per heavy atom. The van der Waals surface area contributed by atoms with E-state index in [1.807, 2.05) is 13.0 Å². The smallest absolute Gasteiger partial charge is 0.283 e. The van der Waals surface area contributed by atoms with E-state index in [0.717, 1.165) is 10.0 Å². The fourth-order valence-electron chi connectivity index (χ4n) is 1.84. The zero-order chi connectivity index (χ0) is 15.6. The van der Waals surface area contributed by atoms with Gasteiger partial charge in [-0.2, -0.15) is 0 Å². The van der Waals surface area contributed by atoms with Crippen molar-refractivity contribution in [2.75, 3.05) is 5.32 Å². The number of nitro groups is 1. The van der Waals surface area contributed by atoms with E-state index in [2.05, 4.69) is 21.2 Å². The standard InChI is InChI=1S/C14H10BrClN2O3/c1-8-7-9(15)5-6-11(8)17-14(19)13-10(16)3-2-4-12(13)18(20)21/h2-7H,1H3,(H,17,19). The van der Waals surface area contributed by atoms with Crippen molar-refractivity contribution in [1.82, 2.24) is 0 Å². The predicted molar refractivity (Wildman–Crippen MR) is 84.9 cm³/mol. The van der Waals surface area contributed by atoms with Crippen molar-refractivity contribution in [3.63, 3.8) is 0 Å². The SMILES string of the molecule is Cc1cc(Br)ccc1NC(=O)c1c(Cl)cccc1[N+](=O)[O-]. The Balaban J connectivity index is 2.39. The van der Waals surface area contributed by atoms with Gasteiger partial charge in [0.05, 0.1) is 9.95 Å². The largest absolute Gasteiger partial charge is 0.321 e. The Labute approximate surface area is 134 Å². The van der Waals surface area contributed by atoms with Crippen LogP contribution >= 0.6 is 27.5 Å². The van der Waals surface area contributed by atoms with Gasteiger partial charge >= 0.3 is 0 Å². The maximum absolute atomic E-state index is 12.3. The highest BCUT2D eigenvalue weighted by Crippen LogP contribution is 2.28. The molecule has 7 heteroatoms. The molecule has 2 aromatic carbocycles. The van der Waals surface area contributed by atoms with E-state index in [9.17, 15) is 14.9 Å². The molecule has 0 unspecified atom stereocenters. The van der Waals surface area contributed by atoms with Crippen molar-refractivity contribution in [2.45, 2.75) is 6.92 Å². The van der Waals surface area contributed by atoms with Crippen LogP contribution in [0.3, 0.4) is 0 Å². The Bertz CT molecular complexity index is 734. The van der Waals surface area contributed by atoms with Gasteiger partial charge in [-0.15, -0.1) is 0 Å². The van der Waals surface area contributed by atoms with E-state index >= 15 is 0 Å². The molecule has 0 atom stereocenters. The number of carbonyl (C=O) groups excluding carboxylic acids is 1. The zero-order valence-electron chi connectivity index (χ0n) is 10.9. The van der Waals surface area contributed by atoms with E-state index < -0.39 is 10.8 Å². The first-order valence-electron chi connectivity index (χ1n) is 5.90. The lowest BCUT2D eigenvalue weighted by Crippen LogP contribution is -2.15. The summed E-state index contributed by atoms with van der Waals surface area (Å²) in [5.41, 5.74) is 0.922. The molecular formula is C14H10BrClN2O3. The van der Waals surface area contributed by atoms with Crippen LogP contribution in [0, 0.1) is 17.0 Å². The van der Waals surface area contributed by atoms with Gasteiger partial charge in [-0.3, -0.25) is 14.9 Å². The normalized spacial score (nSPS) is 10.2. The van der Waals surface area contributed by atoms with E-state index in [0.29, 0.717) is 5.69 Å². The zero-order valence-corrected chi connectivity index (χ0v) is 13.2. The van der Waals surface area contributed by atoms with Crippen molar-refractivity contribution in [1.29, 1.82) is 0 Å². The molecule has 2 aromatic rings. The quantitative estimate of drug-likeness (QED) is 0.636. The van der Waals surface area contributed by atoms with Gasteiger partial charge in [0.25, 0.3) is 11.6 Å². The molecule has 0 aromatic heterocycles. The third kappa shape index (κ3) is 3.40. The van der Waals surface area contributed by atoms with Crippen LogP contribution in [0.1, 0.15) is 15.9 Å². The summed E-state index contributed by atoms with van der Waals surface area (Å²) >= 11 is 9.25. The number of hydrogen-bond donors (Lipinski definition) is 1. The predicted octanol–water partition coefficient (Wildman–Crippen LogP) is 4.57. The summed E-state index contributed by atoms with van der Waals surface area (Å²) in [6, 6.07) is 9.43. The monoisotopic (exact) mass is 368 g/mol. The fraction of sp³-hybridized carbons (Fsp3) is 0.0714. The number of carbonyl (C=O) groups is 1. The summed E-state index contributed by atoms with van der Waals surface area (Å²) in [6.45, 7) is 1.82. The Kier molecular flexibility index (Phi) is 4.59. The topological polar surface area (TPSA) is 72.2 Å². The third-order valence-electron chi connectivity index (χ3n) is 2.85. The molecule has 5 nitrogen and oxygen atoms in total. The first-order chi connectivity index (χ1) is 9.90. The van der Waals surface area contributed by atoms with Crippen LogP contribution in [0.15, 0.2) is 40.9 Å². The molecule has 0 radical (unpaired) electrons. The maximum atomic E-state index is 12.3. The molecule has 0 bridgehead atoms. The van der Waals surface area contributed by atoms with Gasteiger partial charge in [0.1, 0.15) is 5.56 Å². The van der Waals surface area contributed by atoms with Crippen LogP contribution in [0.5, 0.6) is 0 Å². The number of benzene rings is 2. The second-order valence-electron chi connectivity index (χ2n) is 4.30. The first-order valence-corrected chi connectivity index (χ1v) is 7.07. The molecule has 21 heavy (non-hydrogen) atoms. The molecule has 1 amide bonds. The summed E-state index contributed by atoms with van der Waals surface area (Å²) in [5.74, 6) is -0.613. The Hall–Kier alpha value is -1.92. The van der Waals surface area contributed by atoms with E-state index in [1.165, 1.54) is 18.2 Å². The van der Waals surface area contributed by atoms with Crippen LogP contribution in [0.2, 0.25) is 5.02 Å². The van der Waals surface area contributed by atoms with Crippen molar-refractivity contribution in [2.24, 2.45) is 0 Å². The number of anilines is 1. The second kappa shape index (κ2) is 6.24. The van der Waals surface area contributed by atoms with Gasteiger partial charge in [-0.1, -0.05) is 33.6 Å². The van der Waals surface area contributed by atoms with Crippen LogP contribution < -0.4 is 5.32 Å². The lowest BCUT2D eigenvalue weighted by molar-refractivity contribution is -0.385. The minimum atomic E-state index is -0.630. The molecule has 1 N–H and O–H groups in total. The molecule has 0 heterocycles. The van der Waals surface area contributed by atoms with Gasteiger partial charge in [0.2, 0.25) is 0 Å². The highest BCUT2D eigenvalue weighted by atomic mass is 79.9. The third-order valence-corrected chi connectivity index (χ3v) is 3.66. The van der Waals surface area contributed by atoms with Crippen LogP contribution in [0.4, 0.5) is 11.4 Å². The summed E-state index contributed by atoms with van der Waals surface area (Å²) in [4.78, 5) is 22.7. The van der Waals surface area contributed by atoms with E-state index in [-0.39, 0.29) is 16.3 Å². The minimum Gasteiger partial charge on any atom is -0.321 e. The molecule has 0 saturated carbocycles. The van der Waals surface area contributed by atoms with Crippen molar-refractivity contribution >= 4 is 44.8 Å². The summed E-state index contributed by atoms with van der Waals surface area (Å²) in [6.07, 6.45) is 0. The average Bonchev–Trinajstić information content (AvgIpc) is 2.41. The van der Waals surface area contributed by atoms with E-state index in [1.54, 1.807) is 12.1 Å². The number of amides is 1. The van der Waals surface area contributed by atoms with Crippen molar-refractivity contribution in [3.8, 4) is 0 Å². The minimum absolute atomic E-state index is 0.0384. The van der Waals surface area contributed by atoms with Crippen molar-refractivity contribution < 1.29 is 9.72 Å². The van der Waals surface area contributed by atoms with Gasteiger partial charge < -0.3 is 5.32 Å². The number of rotatable bonds is 3. The van der Waals surface area contributed by atoms with Gasteiger partial charge in [0, 0.05) is 16.2 Å². The average molecular weight is 370 g/mol. The fourth-order valence-corrected chi connectivity index (χ4v) is 2.57. The molecule has 2 rings (SSSR count).